The van der Waals surface area contributed by atoms with Gasteiger partial charge in [0.15, 0.2) is 0 Å². The Morgan fingerprint density at radius 3 is 2.40 bits per heavy atom. The third kappa shape index (κ3) is 3.45. The van der Waals surface area contributed by atoms with Gasteiger partial charge in [-0.3, -0.25) is 4.98 Å². The number of pyridine rings is 1. The van der Waals surface area contributed by atoms with Gasteiger partial charge >= 0.3 is 6.18 Å². The zero-order valence-electron chi connectivity index (χ0n) is 13.5. The Bertz CT molecular complexity index is 910. The van der Waals surface area contributed by atoms with Crippen molar-refractivity contribution >= 4 is 22.3 Å². The van der Waals surface area contributed by atoms with Crippen LogP contribution in [0.5, 0.6) is 11.5 Å². The van der Waals surface area contributed by atoms with Crippen LogP contribution in [-0.2, 0) is 6.18 Å². The zero-order valence-corrected chi connectivity index (χ0v) is 13.5. The van der Waals surface area contributed by atoms with Gasteiger partial charge in [-0.15, -0.1) is 0 Å². The van der Waals surface area contributed by atoms with Gasteiger partial charge in [0.25, 0.3) is 0 Å². The summed E-state index contributed by atoms with van der Waals surface area (Å²) < 4.78 is 49.5. The number of rotatable bonds is 4. The zero-order chi connectivity index (χ0) is 18.0. The van der Waals surface area contributed by atoms with Gasteiger partial charge in [-0.2, -0.15) is 13.2 Å². The lowest BCUT2D eigenvalue weighted by atomic mass is 10.1. The van der Waals surface area contributed by atoms with Crippen LogP contribution in [0, 0.1) is 0 Å². The van der Waals surface area contributed by atoms with Gasteiger partial charge in [-0.05, 0) is 36.4 Å². The van der Waals surface area contributed by atoms with E-state index < -0.39 is 11.7 Å². The van der Waals surface area contributed by atoms with Crippen LogP contribution in [0.2, 0.25) is 0 Å². The maximum Gasteiger partial charge on any atom is 0.416 e. The van der Waals surface area contributed by atoms with Crippen LogP contribution >= 0.6 is 0 Å². The molecule has 0 saturated carbocycles. The summed E-state index contributed by atoms with van der Waals surface area (Å²) in [4.78, 5) is 4.12. The summed E-state index contributed by atoms with van der Waals surface area (Å²) in [5.74, 6) is 1.12. The number of fused-ring (bicyclic) bond motifs is 1. The fourth-order valence-electron chi connectivity index (χ4n) is 2.48. The number of alkyl halides is 3. The number of hydrogen-bond acceptors (Lipinski definition) is 4. The van der Waals surface area contributed by atoms with E-state index in [9.17, 15) is 13.2 Å². The molecule has 0 unspecified atom stereocenters. The number of ether oxygens (including phenoxy) is 2. The molecule has 0 atom stereocenters. The van der Waals surface area contributed by atoms with E-state index in [0.29, 0.717) is 33.8 Å². The molecule has 25 heavy (non-hydrogen) atoms. The normalized spacial score (nSPS) is 11.4. The van der Waals surface area contributed by atoms with E-state index >= 15 is 0 Å². The molecule has 2 aromatic carbocycles. The molecule has 0 bridgehead atoms. The summed E-state index contributed by atoms with van der Waals surface area (Å²) in [6.07, 6.45) is -2.88. The molecule has 0 spiro atoms. The SMILES string of the molecule is COc1ccc(Nc2ccnc3ccc(C(F)(F)F)cc23)c(OC)c1. The molecule has 0 amide bonds. The second-order valence-electron chi connectivity index (χ2n) is 5.28. The predicted octanol–water partition coefficient (Wildman–Crippen LogP) is 5.01. The molecule has 0 saturated heterocycles. The number of aromatic nitrogens is 1. The maximum absolute atomic E-state index is 13.0. The van der Waals surface area contributed by atoms with E-state index in [2.05, 4.69) is 10.3 Å². The van der Waals surface area contributed by atoms with Gasteiger partial charge in [0.05, 0.1) is 31.0 Å². The molecule has 1 N–H and O–H groups in total. The van der Waals surface area contributed by atoms with Crippen molar-refractivity contribution in [2.24, 2.45) is 0 Å². The first-order valence-electron chi connectivity index (χ1n) is 7.37. The second kappa shape index (κ2) is 6.51. The first-order chi connectivity index (χ1) is 11.9. The van der Waals surface area contributed by atoms with Crippen molar-refractivity contribution in [2.75, 3.05) is 19.5 Å². The summed E-state index contributed by atoms with van der Waals surface area (Å²) in [5, 5.41) is 3.48. The molecule has 7 heteroatoms. The lowest BCUT2D eigenvalue weighted by Crippen LogP contribution is -2.05. The minimum Gasteiger partial charge on any atom is -0.497 e. The Hall–Kier alpha value is -2.96. The highest BCUT2D eigenvalue weighted by atomic mass is 19.4. The van der Waals surface area contributed by atoms with Gasteiger partial charge in [0, 0.05) is 23.3 Å². The first-order valence-corrected chi connectivity index (χ1v) is 7.37. The number of hydrogen-bond donors (Lipinski definition) is 1. The second-order valence-corrected chi connectivity index (χ2v) is 5.28. The Morgan fingerprint density at radius 1 is 0.920 bits per heavy atom. The minimum absolute atomic E-state index is 0.371. The van der Waals surface area contributed by atoms with E-state index in [1.165, 1.54) is 26.5 Å². The van der Waals surface area contributed by atoms with Crippen LogP contribution in [-0.4, -0.2) is 19.2 Å². The lowest BCUT2D eigenvalue weighted by Gasteiger charge is -2.15. The van der Waals surface area contributed by atoms with E-state index in [4.69, 9.17) is 9.47 Å². The maximum atomic E-state index is 13.0. The Morgan fingerprint density at radius 2 is 1.72 bits per heavy atom. The monoisotopic (exact) mass is 348 g/mol. The molecule has 3 rings (SSSR count). The number of nitrogens with zero attached hydrogens (tertiary/aromatic N) is 1. The van der Waals surface area contributed by atoms with Crippen molar-refractivity contribution in [3.05, 3.63) is 54.2 Å². The summed E-state index contributed by atoms with van der Waals surface area (Å²) >= 11 is 0. The molecule has 3 aromatic rings. The molecule has 1 aromatic heterocycles. The van der Waals surface area contributed by atoms with Crippen molar-refractivity contribution in [2.45, 2.75) is 6.18 Å². The molecule has 1 heterocycles. The van der Waals surface area contributed by atoms with Crippen LogP contribution in [0.1, 0.15) is 5.56 Å². The molecule has 0 radical (unpaired) electrons. The van der Waals surface area contributed by atoms with E-state index in [-0.39, 0.29) is 0 Å². The number of benzene rings is 2. The summed E-state index contributed by atoms with van der Waals surface area (Å²) in [5.41, 5.74) is 0.844. The first kappa shape index (κ1) is 16.9. The molecular weight excluding hydrogens is 333 g/mol. The molecule has 0 aliphatic carbocycles. The Kier molecular flexibility index (Phi) is 4.39. The van der Waals surface area contributed by atoms with Crippen LogP contribution in [0.3, 0.4) is 0 Å². The van der Waals surface area contributed by atoms with Crippen LogP contribution in [0.25, 0.3) is 10.9 Å². The fraction of sp³-hybridized carbons (Fsp3) is 0.167. The van der Waals surface area contributed by atoms with E-state index in [1.807, 2.05) is 0 Å². The van der Waals surface area contributed by atoms with Crippen molar-refractivity contribution in [1.82, 2.24) is 4.98 Å². The van der Waals surface area contributed by atoms with Crippen molar-refractivity contribution in [3.8, 4) is 11.5 Å². The van der Waals surface area contributed by atoms with E-state index in [0.717, 1.165) is 12.1 Å². The number of methoxy groups -OCH3 is 2. The number of nitrogens with one attached hydrogen (secondary N) is 1. The molecular formula is C18H15F3N2O2. The highest BCUT2D eigenvalue weighted by Gasteiger charge is 2.30. The molecule has 0 fully saturated rings. The highest BCUT2D eigenvalue weighted by molar-refractivity contribution is 5.93. The van der Waals surface area contributed by atoms with Gasteiger partial charge < -0.3 is 14.8 Å². The van der Waals surface area contributed by atoms with Gasteiger partial charge in [-0.1, -0.05) is 0 Å². The average molecular weight is 348 g/mol. The fourth-order valence-corrected chi connectivity index (χ4v) is 2.48. The van der Waals surface area contributed by atoms with Crippen LogP contribution in [0.15, 0.2) is 48.7 Å². The molecule has 0 aliphatic rings. The molecule has 130 valence electrons. The smallest absolute Gasteiger partial charge is 0.416 e. The topological polar surface area (TPSA) is 43.4 Å². The highest BCUT2D eigenvalue weighted by Crippen LogP contribution is 2.36. The van der Waals surface area contributed by atoms with Gasteiger partial charge in [-0.25, -0.2) is 0 Å². The minimum atomic E-state index is -4.42. The quantitative estimate of drug-likeness (QED) is 0.719. The van der Waals surface area contributed by atoms with Crippen molar-refractivity contribution in [1.29, 1.82) is 0 Å². The van der Waals surface area contributed by atoms with Crippen molar-refractivity contribution < 1.29 is 22.6 Å². The largest absolute Gasteiger partial charge is 0.497 e. The average Bonchev–Trinajstić information content (AvgIpc) is 2.61. The number of anilines is 2. The van der Waals surface area contributed by atoms with Gasteiger partial charge in [0.2, 0.25) is 0 Å². The van der Waals surface area contributed by atoms with Crippen LogP contribution in [0.4, 0.5) is 24.5 Å². The summed E-state index contributed by atoms with van der Waals surface area (Å²) in [7, 11) is 3.04. The Labute approximate surface area is 142 Å². The van der Waals surface area contributed by atoms with Crippen LogP contribution < -0.4 is 14.8 Å². The standard InChI is InChI=1S/C18H15F3N2O2/c1-24-12-4-6-16(17(10-12)25-2)23-15-7-8-22-14-5-3-11(9-13(14)15)18(19,20)21/h3-10H,1-2H3,(H,22,23). The molecule has 4 nitrogen and oxygen atoms in total. The van der Waals surface area contributed by atoms with E-state index in [1.54, 1.807) is 24.3 Å². The molecule has 0 aliphatic heterocycles. The summed E-state index contributed by atoms with van der Waals surface area (Å²) in [6.45, 7) is 0. The van der Waals surface area contributed by atoms with Crippen molar-refractivity contribution in [3.63, 3.8) is 0 Å². The predicted molar refractivity (Wildman–Crippen MR) is 89.6 cm³/mol. The lowest BCUT2D eigenvalue weighted by molar-refractivity contribution is -0.137. The third-order valence-electron chi connectivity index (χ3n) is 3.75. The van der Waals surface area contributed by atoms with Gasteiger partial charge in [0.1, 0.15) is 11.5 Å². The number of halogens is 3. The Balaban J connectivity index is 2.07. The third-order valence-corrected chi connectivity index (χ3v) is 3.75. The summed E-state index contributed by atoms with van der Waals surface area (Å²) in [6, 6.07) is 10.2.